The number of rotatable bonds is 9. The first kappa shape index (κ1) is 14.3. The minimum absolute atomic E-state index is 0.121. The van der Waals surface area contributed by atoms with Crippen molar-refractivity contribution in [3.63, 3.8) is 0 Å². The molecule has 0 amide bonds. The molecule has 1 rings (SSSR count). The predicted molar refractivity (Wildman–Crippen MR) is 68.2 cm³/mol. The fraction of sp³-hybridized carbons (Fsp3) is 0.462. The van der Waals surface area contributed by atoms with Gasteiger partial charge in [0, 0.05) is 13.1 Å². The van der Waals surface area contributed by atoms with Crippen LogP contribution in [0.15, 0.2) is 24.3 Å². The van der Waals surface area contributed by atoms with Crippen molar-refractivity contribution in [3.05, 3.63) is 24.3 Å². The molecule has 0 spiro atoms. The van der Waals surface area contributed by atoms with Crippen molar-refractivity contribution in [1.29, 1.82) is 0 Å². The number of para-hydroxylation sites is 2. The van der Waals surface area contributed by atoms with Crippen molar-refractivity contribution in [3.8, 4) is 11.5 Å². The Kier molecular flexibility index (Phi) is 6.64. The molecule has 5 nitrogen and oxygen atoms in total. The number of carboxylic acid groups (broad SMARTS) is 1. The molecule has 0 aliphatic carbocycles. The van der Waals surface area contributed by atoms with Crippen molar-refractivity contribution in [2.24, 2.45) is 0 Å². The maximum atomic E-state index is 10.3. The van der Waals surface area contributed by atoms with Crippen LogP contribution in [0.5, 0.6) is 11.5 Å². The molecule has 18 heavy (non-hydrogen) atoms. The Balaban J connectivity index is 2.24. The molecule has 100 valence electrons. The molecule has 0 radical (unpaired) electrons. The lowest BCUT2D eigenvalue weighted by molar-refractivity contribution is -0.136. The standard InChI is InChI=1S/C13H19NO4/c1-2-17-11-5-3-4-6-12(11)18-10-9-14-8-7-13(15)16/h3-6,14H,2,7-10H2,1H3,(H,15,16). The van der Waals surface area contributed by atoms with Crippen LogP contribution in [-0.4, -0.2) is 37.4 Å². The summed E-state index contributed by atoms with van der Waals surface area (Å²) in [6.07, 6.45) is 0.121. The van der Waals surface area contributed by atoms with E-state index in [1.54, 1.807) is 0 Å². The van der Waals surface area contributed by atoms with Crippen molar-refractivity contribution in [2.45, 2.75) is 13.3 Å². The molecule has 0 saturated heterocycles. The Labute approximate surface area is 107 Å². The van der Waals surface area contributed by atoms with Crippen molar-refractivity contribution < 1.29 is 19.4 Å². The molecule has 0 fully saturated rings. The highest BCUT2D eigenvalue weighted by atomic mass is 16.5. The summed E-state index contributed by atoms with van der Waals surface area (Å²) in [5.41, 5.74) is 0. The average molecular weight is 253 g/mol. The van der Waals surface area contributed by atoms with Gasteiger partial charge in [-0.15, -0.1) is 0 Å². The SMILES string of the molecule is CCOc1ccccc1OCCNCCC(=O)O. The van der Waals surface area contributed by atoms with E-state index >= 15 is 0 Å². The molecule has 0 bridgehead atoms. The van der Waals surface area contributed by atoms with Gasteiger partial charge in [-0.05, 0) is 19.1 Å². The van der Waals surface area contributed by atoms with E-state index in [2.05, 4.69) is 5.32 Å². The number of benzene rings is 1. The Morgan fingerprint density at radius 2 is 1.89 bits per heavy atom. The first-order valence-electron chi connectivity index (χ1n) is 6.01. The first-order chi connectivity index (χ1) is 8.74. The first-order valence-corrected chi connectivity index (χ1v) is 6.01. The molecule has 0 aliphatic rings. The number of nitrogens with one attached hydrogen (secondary N) is 1. The maximum Gasteiger partial charge on any atom is 0.304 e. The summed E-state index contributed by atoms with van der Waals surface area (Å²) in [7, 11) is 0. The van der Waals surface area contributed by atoms with E-state index in [1.165, 1.54) is 0 Å². The third-order valence-electron chi connectivity index (χ3n) is 2.20. The van der Waals surface area contributed by atoms with E-state index in [0.29, 0.717) is 32.1 Å². The number of aliphatic carboxylic acids is 1. The van der Waals surface area contributed by atoms with Crippen LogP contribution in [0.3, 0.4) is 0 Å². The Hall–Kier alpha value is -1.75. The van der Waals surface area contributed by atoms with Gasteiger partial charge in [-0.25, -0.2) is 0 Å². The van der Waals surface area contributed by atoms with Gasteiger partial charge in [0.05, 0.1) is 13.0 Å². The summed E-state index contributed by atoms with van der Waals surface area (Å²) in [6, 6.07) is 7.48. The van der Waals surface area contributed by atoms with Gasteiger partial charge in [0.1, 0.15) is 6.61 Å². The van der Waals surface area contributed by atoms with Crippen LogP contribution in [-0.2, 0) is 4.79 Å². The van der Waals surface area contributed by atoms with E-state index in [1.807, 2.05) is 31.2 Å². The summed E-state index contributed by atoms with van der Waals surface area (Å²) in [5.74, 6) is 0.634. The maximum absolute atomic E-state index is 10.3. The van der Waals surface area contributed by atoms with Gasteiger partial charge in [-0.2, -0.15) is 0 Å². The van der Waals surface area contributed by atoms with Crippen LogP contribution < -0.4 is 14.8 Å². The Morgan fingerprint density at radius 1 is 1.22 bits per heavy atom. The second-order valence-electron chi connectivity index (χ2n) is 3.62. The zero-order chi connectivity index (χ0) is 13.2. The van der Waals surface area contributed by atoms with Crippen LogP contribution in [0.2, 0.25) is 0 Å². The quantitative estimate of drug-likeness (QED) is 0.653. The Morgan fingerprint density at radius 3 is 2.50 bits per heavy atom. The Bertz CT molecular complexity index is 368. The number of carboxylic acids is 1. The minimum atomic E-state index is -0.801. The summed E-state index contributed by atoms with van der Waals surface area (Å²) in [6.45, 7) is 4.05. The zero-order valence-corrected chi connectivity index (χ0v) is 10.5. The minimum Gasteiger partial charge on any atom is -0.490 e. The van der Waals surface area contributed by atoms with Gasteiger partial charge in [0.2, 0.25) is 0 Å². The third-order valence-corrected chi connectivity index (χ3v) is 2.20. The molecular weight excluding hydrogens is 234 g/mol. The molecule has 0 saturated carbocycles. The van der Waals surface area contributed by atoms with E-state index in [9.17, 15) is 4.79 Å². The van der Waals surface area contributed by atoms with Crippen LogP contribution >= 0.6 is 0 Å². The molecule has 0 heterocycles. The number of hydrogen-bond acceptors (Lipinski definition) is 4. The average Bonchev–Trinajstić information content (AvgIpc) is 2.35. The fourth-order valence-corrected chi connectivity index (χ4v) is 1.40. The molecular formula is C13H19NO4. The fourth-order valence-electron chi connectivity index (χ4n) is 1.40. The van der Waals surface area contributed by atoms with Gasteiger partial charge >= 0.3 is 5.97 Å². The molecule has 0 aromatic heterocycles. The summed E-state index contributed by atoms with van der Waals surface area (Å²) < 4.78 is 11.0. The second-order valence-corrected chi connectivity index (χ2v) is 3.62. The van der Waals surface area contributed by atoms with E-state index in [4.69, 9.17) is 14.6 Å². The summed E-state index contributed by atoms with van der Waals surface area (Å²) in [4.78, 5) is 10.3. The second kappa shape index (κ2) is 8.36. The van der Waals surface area contributed by atoms with Crippen LogP contribution in [0, 0.1) is 0 Å². The van der Waals surface area contributed by atoms with Gasteiger partial charge < -0.3 is 19.9 Å². The lowest BCUT2D eigenvalue weighted by Crippen LogP contribution is -2.23. The van der Waals surface area contributed by atoms with E-state index in [0.717, 1.165) is 5.75 Å². The molecule has 0 atom stereocenters. The molecule has 0 unspecified atom stereocenters. The van der Waals surface area contributed by atoms with Gasteiger partial charge in [-0.1, -0.05) is 12.1 Å². The summed E-state index contributed by atoms with van der Waals surface area (Å²) >= 11 is 0. The number of carbonyl (C=O) groups is 1. The monoisotopic (exact) mass is 253 g/mol. The van der Waals surface area contributed by atoms with Gasteiger partial charge in [0.25, 0.3) is 0 Å². The molecule has 0 aliphatic heterocycles. The molecule has 5 heteroatoms. The lowest BCUT2D eigenvalue weighted by atomic mass is 10.3. The highest BCUT2D eigenvalue weighted by Gasteiger charge is 2.02. The largest absolute Gasteiger partial charge is 0.490 e. The summed E-state index contributed by atoms with van der Waals surface area (Å²) in [5, 5.41) is 11.4. The van der Waals surface area contributed by atoms with Crippen molar-refractivity contribution >= 4 is 5.97 Å². The van der Waals surface area contributed by atoms with Crippen LogP contribution in [0.1, 0.15) is 13.3 Å². The predicted octanol–water partition coefficient (Wildman–Crippen LogP) is 1.53. The third kappa shape index (κ3) is 5.54. The molecule has 1 aromatic carbocycles. The normalized spacial score (nSPS) is 10.1. The van der Waals surface area contributed by atoms with Gasteiger partial charge in [0.15, 0.2) is 11.5 Å². The lowest BCUT2D eigenvalue weighted by Gasteiger charge is -2.11. The van der Waals surface area contributed by atoms with Gasteiger partial charge in [-0.3, -0.25) is 4.79 Å². The van der Waals surface area contributed by atoms with Crippen LogP contribution in [0.4, 0.5) is 0 Å². The zero-order valence-electron chi connectivity index (χ0n) is 10.5. The smallest absolute Gasteiger partial charge is 0.304 e. The number of ether oxygens (including phenoxy) is 2. The van der Waals surface area contributed by atoms with E-state index in [-0.39, 0.29) is 6.42 Å². The molecule has 1 aromatic rings. The highest BCUT2D eigenvalue weighted by Crippen LogP contribution is 2.25. The molecule has 2 N–H and O–H groups in total. The highest BCUT2D eigenvalue weighted by molar-refractivity contribution is 5.66. The van der Waals surface area contributed by atoms with E-state index < -0.39 is 5.97 Å². The van der Waals surface area contributed by atoms with Crippen molar-refractivity contribution in [1.82, 2.24) is 5.32 Å². The topological polar surface area (TPSA) is 67.8 Å². The van der Waals surface area contributed by atoms with Crippen LogP contribution in [0.25, 0.3) is 0 Å². The number of hydrogen-bond donors (Lipinski definition) is 2. The van der Waals surface area contributed by atoms with Crippen molar-refractivity contribution in [2.75, 3.05) is 26.3 Å².